The maximum Gasteiger partial charge on any atom is 0.269 e. The summed E-state index contributed by atoms with van der Waals surface area (Å²) in [5.74, 6) is 0.431. The summed E-state index contributed by atoms with van der Waals surface area (Å²) in [5.41, 5.74) is 9.21. The number of halogens is 2. The van der Waals surface area contributed by atoms with Crippen LogP contribution in [0.25, 0.3) is 22.8 Å². The van der Waals surface area contributed by atoms with Crippen LogP contribution in [-0.4, -0.2) is 32.2 Å². The van der Waals surface area contributed by atoms with Gasteiger partial charge in [0.25, 0.3) is 5.91 Å². The second kappa shape index (κ2) is 6.23. The smallest absolute Gasteiger partial charge is 0.269 e. The topological polar surface area (TPSA) is 98.7 Å². The molecule has 3 aromatic rings. The van der Waals surface area contributed by atoms with Crippen LogP contribution in [-0.2, 0) is 6.54 Å². The molecule has 3 N–H and O–H groups in total. The van der Waals surface area contributed by atoms with Gasteiger partial charge in [0.15, 0.2) is 5.82 Å². The van der Waals surface area contributed by atoms with Gasteiger partial charge in [-0.05, 0) is 56.1 Å². The summed E-state index contributed by atoms with van der Waals surface area (Å²) in [7, 11) is 0. The van der Waals surface area contributed by atoms with E-state index in [2.05, 4.69) is 52.2 Å². The fourth-order valence-electron chi connectivity index (χ4n) is 2.61. The lowest BCUT2D eigenvalue weighted by Gasteiger charge is -2.13. The van der Waals surface area contributed by atoms with Crippen molar-refractivity contribution < 1.29 is 4.79 Å². The van der Waals surface area contributed by atoms with E-state index in [4.69, 9.17) is 5.73 Å². The number of aromatic nitrogens is 4. The zero-order valence-corrected chi connectivity index (χ0v) is 16.0. The van der Waals surface area contributed by atoms with Crippen molar-refractivity contribution in [2.75, 3.05) is 12.3 Å². The van der Waals surface area contributed by atoms with E-state index < -0.39 is 0 Å². The monoisotopic (exact) mass is 462 g/mol. The number of carbonyl (C=O) groups is 1. The third kappa shape index (κ3) is 2.93. The van der Waals surface area contributed by atoms with Crippen molar-refractivity contribution in [3.05, 3.63) is 45.1 Å². The molecular weight excluding hydrogens is 452 g/mol. The number of rotatable bonds is 2. The summed E-state index contributed by atoms with van der Waals surface area (Å²) in [5, 5.41) is 7.29. The molecule has 1 aliphatic rings. The number of nitrogens with two attached hydrogens (primary N) is 1. The molecule has 4 rings (SSSR count). The van der Waals surface area contributed by atoms with Crippen molar-refractivity contribution in [2.24, 2.45) is 0 Å². The minimum atomic E-state index is -0.120. The lowest BCUT2D eigenvalue weighted by Crippen LogP contribution is -2.35. The number of hydrogen-bond acceptors (Lipinski definition) is 5. The van der Waals surface area contributed by atoms with Crippen molar-refractivity contribution in [3.8, 4) is 22.8 Å². The predicted molar refractivity (Wildman–Crippen MR) is 101 cm³/mol. The number of hydrogen-bond donors (Lipinski definition) is 2. The minimum Gasteiger partial charge on any atom is -0.397 e. The molecule has 2 aromatic heterocycles. The third-order valence-corrected chi connectivity index (χ3v) is 5.19. The van der Waals surface area contributed by atoms with Crippen molar-refractivity contribution in [1.82, 2.24) is 25.1 Å². The van der Waals surface area contributed by atoms with Crippen LogP contribution in [0.2, 0.25) is 0 Å². The molecule has 7 nitrogen and oxygen atoms in total. The van der Waals surface area contributed by atoms with Gasteiger partial charge in [-0.15, -0.1) is 0 Å². The number of nitrogen functional groups attached to an aromatic ring is 1. The maximum absolute atomic E-state index is 11.9. The first-order valence-corrected chi connectivity index (χ1v) is 9.06. The lowest BCUT2D eigenvalue weighted by atomic mass is 10.2. The normalized spacial score (nSPS) is 13.4. The van der Waals surface area contributed by atoms with Gasteiger partial charge in [0.1, 0.15) is 11.4 Å². The molecule has 0 aliphatic carbocycles. The summed E-state index contributed by atoms with van der Waals surface area (Å²) < 4.78 is 3.23. The second-order valence-corrected chi connectivity index (χ2v) is 7.22. The molecule has 1 aliphatic heterocycles. The minimum absolute atomic E-state index is 0.120. The Hall–Kier alpha value is -2.26. The van der Waals surface area contributed by atoms with Crippen LogP contribution in [0.1, 0.15) is 10.5 Å². The second-order valence-electron chi connectivity index (χ2n) is 5.51. The third-order valence-electron chi connectivity index (χ3n) is 3.88. The van der Waals surface area contributed by atoms with Gasteiger partial charge in [-0.3, -0.25) is 9.48 Å². The average molecular weight is 464 g/mol. The molecule has 9 heteroatoms. The van der Waals surface area contributed by atoms with E-state index in [1.54, 1.807) is 23.0 Å². The summed E-state index contributed by atoms with van der Waals surface area (Å²) in [6.45, 7) is 1.23. The van der Waals surface area contributed by atoms with Crippen molar-refractivity contribution in [3.63, 3.8) is 0 Å². The quantitative estimate of drug-likeness (QED) is 0.569. The summed E-state index contributed by atoms with van der Waals surface area (Å²) in [6, 6.07) is 7.25. The Balaban J connectivity index is 1.77. The molecule has 3 heterocycles. The van der Waals surface area contributed by atoms with Gasteiger partial charge in [-0.1, -0.05) is 0 Å². The number of anilines is 1. The Bertz CT molecular complexity index is 977. The molecule has 126 valence electrons. The van der Waals surface area contributed by atoms with Crippen LogP contribution in [0.5, 0.6) is 0 Å². The van der Waals surface area contributed by atoms with E-state index in [9.17, 15) is 4.79 Å². The molecule has 0 spiro atoms. The number of nitrogens with one attached hydrogen (secondary N) is 1. The fourth-order valence-corrected chi connectivity index (χ4v) is 3.80. The molecule has 0 saturated carbocycles. The van der Waals surface area contributed by atoms with Gasteiger partial charge < -0.3 is 11.1 Å². The van der Waals surface area contributed by atoms with Gasteiger partial charge in [0, 0.05) is 27.3 Å². The standard InChI is InChI=1S/C16H12Br2N6O/c17-9-5-8(6-10(18)14(9)19)15-20-2-1-11(22-15)12-7-13-16(25)21-3-4-24(13)23-12/h1-2,5-7H,3-4,19H2,(H,21,25). The zero-order valence-electron chi connectivity index (χ0n) is 12.8. The van der Waals surface area contributed by atoms with E-state index >= 15 is 0 Å². The van der Waals surface area contributed by atoms with Gasteiger partial charge >= 0.3 is 0 Å². The first kappa shape index (κ1) is 16.2. The Morgan fingerprint density at radius 2 is 1.92 bits per heavy atom. The van der Waals surface area contributed by atoms with Crippen molar-refractivity contribution in [1.29, 1.82) is 0 Å². The Morgan fingerprint density at radius 3 is 2.64 bits per heavy atom. The molecule has 0 radical (unpaired) electrons. The van der Waals surface area contributed by atoms with Gasteiger partial charge in [0.2, 0.25) is 0 Å². The lowest BCUT2D eigenvalue weighted by molar-refractivity contribution is 0.0924. The largest absolute Gasteiger partial charge is 0.397 e. The highest BCUT2D eigenvalue weighted by atomic mass is 79.9. The number of fused-ring (bicyclic) bond motifs is 1. The van der Waals surface area contributed by atoms with E-state index in [1.807, 2.05) is 12.1 Å². The Kier molecular flexibility index (Phi) is 4.04. The van der Waals surface area contributed by atoms with Crippen LogP contribution in [0, 0.1) is 0 Å². The molecule has 0 atom stereocenters. The average Bonchev–Trinajstić information content (AvgIpc) is 3.05. The van der Waals surface area contributed by atoms with E-state index in [0.29, 0.717) is 41.7 Å². The van der Waals surface area contributed by atoms with Gasteiger partial charge in [-0.2, -0.15) is 5.10 Å². The highest BCUT2D eigenvalue weighted by Gasteiger charge is 2.20. The number of benzene rings is 1. The predicted octanol–water partition coefficient (Wildman–Crippen LogP) is 2.86. The molecule has 25 heavy (non-hydrogen) atoms. The molecule has 0 bridgehead atoms. The summed E-state index contributed by atoms with van der Waals surface area (Å²) >= 11 is 6.86. The Labute approximate surface area is 159 Å². The van der Waals surface area contributed by atoms with Gasteiger partial charge in [-0.25, -0.2) is 9.97 Å². The van der Waals surface area contributed by atoms with Crippen LogP contribution in [0.3, 0.4) is 0 Å². The molecule has 1 amide bonds. The molecule has 1 aromatic carbocycles. The zero-order chi connectivity index (χ0) is 17.6. The molecular formula is C16H12Br2N6O. The van der Waals surface area contributed by atoms with E-state index in [1.165, 1.54) is 0 Å². The van der Waals surface area contributed by atoms with E-state index in [0.717, 1.165) is 14.5 Å². The van der Waals surface area contributed by atoms with Crippen LogP contribution in [0.15, 0.2) is 39.4 Å². The number of amides is 1. The number of carbonyl (C=O) groups excluding carboxylic acids is 1. The maximum atomic E-state index is 11.9. The summed E-state index contributed by atoms with van der Waals surface area (Å²) in [6.07, 6.45) is 1.67. The Morgan fingerprint density at radius 1 is 1.16 bits per heavy atom. The van der Waals surface area contributed by atoms with Crippen molar-refractivity contribution in [2.45, 2.75) is 6.54 Å². The van der Waals surface area contributed by atoms with Gasteiger partial charge in [0.05, 0.1) is 17.9 Å². The first-order chi connectivity index (χ1) is 12.0. The molecule has 0 fully saturated rings. The number of nitrogens with zero attached hydrogens (tertiary/aromatic N) is 4. The van der Waals surface area contributed by atoms with E-state index in [-0.39, 0.29) is 5.91 Å². The molecule has 0 unspecified atom stereocenters. The van der Waals surface area contributed by atoms with Crippen LogP contribution < -0.4 is 11.1 Å². The first-order valence-electron chi connectivity index (χ1n) is 7.47. The van der Waals surface area contributed by atoms with Crippen LogP contribution >= 0.6 is 31.9 Å². The van der Waals surface area contributed by atoms with Crippen molar-refractivity contribution >= 4 is 43.5 Å². The fraction of sp³-hybridized carbons (Fsp3) is 0.125. The highest BCUT2D eigenvalue weighted by Crippen LogP contribution is 2.33. The summed E-state index contributed by atoms with van der Waals surface area (Å²) in [4.78, 5) is 20.8. The SMILES string of the molecule is Nc1c(Br)cc(-c2nccc(-c3cc4n(n3)CCNC4=O)n2)cc1Br. The molecule has 0 saturated heterocycles. The van der Waals surface area contributed by atoms with Crippen LogP contribution in [0.4, 0.5) is 5.69 Å². The highest BCUT2D eigenvalue weighted by molar-refractivity contribution is 9.11.